The van der Waals surface area contributed by atoms with Crippen LogP contribution in [-0.4, -0.2) is 34.0 Å². The fraction of sp³-hybridized carbons (Fsp3) is 0.125. The first-order valence-electron chi connectivity index (χ1n) is 10.3. The van der Waals surface area contributed by atoms with E-state index in [0.29, 0.717) is 47.0 Å². The molecule has 1 aromatic carbocycles. The highest BCUT2D eigenvalue weighted by Gasteiger charge is 2.28. The van der Waals surface area contributed by atoms with Gasteiger partial charge in [0.05, 0.1) is 22.3 Å². The molecule has 0 radical (unpaired) electrons. The van der Waals surface area contributed by atoms with Crippen molar-refractivity contribution in [2.24, 2.45) is 0 Å². The van der Waals surface area contributed by atoms with E-state index < -0.39 is 5.82 Å². The van der Waals surface area contributed by atoms with E-state index in [4.69, 9.17) is 4.74 Å². The van der Waals surface area contributed by atoms with Crippen LogP contribution >= 0.6 is 0 Å². The van der Waals surface area contributed by atoms with Crippen LogP contribution in [0.15, 0.2) is 42.7 Å². The maximum absolute atomic E-state index is 15.1. The van der Waals surface area contributed by atoms with Crippen LogP contribution in [0.3, 0.4) is 0 Å². The first kappa shape index (κ1) is 18.6. The van der Waals surface area contributed by atoms with Gasteiger partial charge in [0.1, 0.15) is 18.1 Å². The van der Waals surface area contributed by atoms with Crippen molar-refractivity contribution in [1.82, 2.24) is 15.0 Å². The van der Waals surface area contributed by atoms with Crippen molar-refractivity contribution in [3.63, 3.8) is 0 Å². The second kappa shape index (κ2) is 6.91. The molecule has 0 bridgehead atoms. The van der Waals surface area contributed by atoms with E-state index in [1.807, 2.05) is 25.1 Å². The van der Waals surface area contributed by atoms with Gasteiger partial charge in [-0.1, -0.05) is 0 Å². The Morgan fingerprint density at radius 1 is 1.16 bits per heavy atom. The van der Waals surface area contributed by atoms with Gasteiger partial charge in [-0.25, -0.2) is 9.37 Å². The van der Waals surface area contributed by atoms with E-state index in [9.17, 15) is 4.79 Å². The monoisotopic (exact) mass is 427 g/mol. The topological polar surface area (TPSA) is 91.9 Å². The Morgan fingerprint density at radius 2 is 2.06 bits per heavy atom. The molecule has 8 heteroatoms. The molecule has 2 aliphatic heterocycles. The van der Waals surface area contributed by atoms with E-state index in [-0.39, 0.29) is 5.91 Å². The zero-order valence-electron chi connectivity index (χ0n) is 17.1. The fourth-order valence-electron chi connectivity index (χ4n) is 4.26. The normalized spacial score (nSPS) is 15.8. The van der Waals surface area contributed by atoms with Crippen molar-refractivity contribution >= 4 is 40.0 Å². The molecule has 3 aromatic heterocycles. The van der Waals surface area contributed by atoms with E-state index in [1.54, 1.807) is 24.5 Å². The maximum Gasteiger partial charge on any atom is 0.256 e. The summed E-state index contributed by atoms with van der Waals surface area (Å²) in [5, 5.41) is 6.04. The van der Waals surface area contributed by atoms with Gasteiger partial charge in [-0.15, -0.1) is 0 Å². The van der Waals surface area contributed by atoms with Crippen molar-refractivity contribution in [1.29, 1.82) is 0 Å². The lowest BCUT2D eigenvalue weighted by Gasteiger charge is -2.21. The number of ether oxygens (including phenoxy) is 1. The van der Waals surface area contributed by atoms with Crippen molar-refractivity contribution < 1.29 is 13.9 Å². The Labute approximate surface area is 182 Å². The smallest absolute Gasteiger partial charge is 0.256 e. The minimum Gasteiger partial charge on any atom is -0.474 e. The molecule has 158 valence electrons. The van der Waals surface area contributed by atoms with Crippen LogP contribution in [0.4, 0.5) is 15.8 Å². The summed E-state index contributed by atoms with van der Waals surface area (Å²) in [4.78, 5) is 24.6. The number of hydrogen-bond donors (Lipinski definition) is 3. The van der Waals surface area contributed by atoms with Gasteiger partial charge >= 0.3 is 0 Å². The molecule has 32 heavy (non-hydrogen) atoms. The number of rotatable bonds is 2. The molecule has 0 spiro atoms. The summed E-state index contributed by atoms with van der Waals surface area (Å²) < 4.78 is 20.7. The van der Waals surface area contributed by atoms with Crippen LogP contribution in [0.5, 0.6) is 5.88 Å². The number of H-pyrrole nitrogens is 1. The number of carbonyl (C=O) groups excluding carboxylic acids is 1. The number of halogens is 1. The zero-order valence-corrected chi connectivity index (χ0v) is 17.1. The number of nitrogens with zero attached hydrogens (tertiary/aromatic N) is 2. The van der Waals surface area contributed by atoms with Gasteiger partial charge in [0.15, 0.2) is 0 Å². The lowest BCUT2D eigenvalue weighted by molar-refractivity contribution is -0.110. The maximum atomic E-state index is 15.1. The van der Waals surface area contributed by atoms with Crippen molar-refractivity contribution in [2.75, 3.05) is 23.8 Å². The average Bonchev–Trinajstić information content (AvgIpc) is 3.34. The predicted octanol–water partition coefficient (Wildman–Crippen LogP) is 4.37. The first-order chi connectivity index (χ1) is 15.6. The van der Waals surface area contributed by atoms with Gasteiger partial charge in [0, 0.05) is 41.3 Å². The Balaban J connectivity index is 1.48. The molecule has 0 unspecified atom stereocenters. The second-order valence-electron chi connectivity index (χ2n) is 7.80. The van der Waals surface area contributed by atoms with Gasteiger partial charge in [0.25, 0.3) is 5.91 Å². The van der Waals surface area contributed by atoms with E-state index >= 15 is 4.39 Å². The third-order valence-electron chi connectivity index (χ3n) is 5.84. The van der Waals surface area contributed by atoms with Gasteiger partial charge in [-0.2, -0.15) is 0 Å². The van der Waals surface area contributed by atoms with Crippen LogP contribution in [-0.2, 0) is 4.79 Å². The standard InChI is InChI=1S/C24H18FN5O2/c1-12-17(11-28-24-22(12)27-5-6-32-24)14-9-15-16(23(31)30-20(15)10-18(14)25)7-13-8-21-19(29-13)3-2-4-26-21/h2-4,7-11,27,29H,5-6H2,1H3,(H,30,31)/b16-7-. The molecule has 1 amide bonds. The number of carbonyl (C=O) groups is 1. The van der Waals surface area contributed by atoms with Crippen molar-refractivity contribution in [2.45, 2.75) is 6.92 Å². The largest absolute Gasteiger partial charge is 0.474 e. The molecule has 7 nitrogen and oxygen atoms in total. The Morgan fingerprint density at radius 3 is 2.94 bits per heavy atom. The number of hydrogen-bond acceptors (Lipinski definition) is 5. The minimum atomic E-state index is -0.429. The molecule has 0 fully saturated rings. The number of aromatic amines is 1. The molecule has 6 rings (SSSR count). The van der Waals surface area contributed by atoms with Crippen LogP contribution in [0, 0.1) is 12.7 Å². The molecule has 0 saturated heterocycles. The Kier molecular flexibility index (Phi) is 4.01. The number of nitrogens with one attached hydrogen (secondary N) is 3. The highest BCUT2D eigenvalue weighted by molar-refractivity contribution is 6.35. The minimum absolute atomic E-state index is 0.279. The molecule has 3 N–H and O–H groups in total. The SMILES string of the molecule is Cc1c(-c2cc3c(cc2F)NC(=O)/C3=C\c2cc3ncccc3[nH]2)cnc2c1NCCO2. The van der Waals surface area contributed by atoms with Crippen LogP contribution in [0.25, 0.3) is 33.8 Å². The second-order valence-corrected chi connectivity index (χ2v) is 7.80. The Bertz CT molecular complexity index is 1420. The molecule has 0 atom stereocenters. The number of fused-ring (bicyclic) bond motifs is 3. The summed E-state index contributed by atoms with van der Waals surface area (Å²) in [6, 6.07) is 8.71. The summed E-state index contributed by atoms with van der Waals surface area (Å²) in [5.74, 6) is -0.191. The summed E-state index contributed by atoms with van der Waals surface area (Å²) in [7, 11) is 0. The van der Waals surface area contributed by atoms with Crippen LogP contribution in [0.1, 0.15) is 16.8 Å². The molecule has 0 saturated carbocycles. The summed E-state index contributed by atoms with van der Waals surface area (Å²) in [5.41, 5.74) is 6.61. The van der Waals surface area contributed by atoms with E-state index in [0.717, 1.165) is 28.0 Å². The quantitative estimate of drug-likeness (QED) is 0.413. The fourth-order valence-corrected chi connectivity index (χ4v) is 4.26. The number of pyridine rings is 2. The lowest BCUT2D eigenvalue weighted by Crippen LogP contribution is -2.20. The predicted molar refractivity (Wildman–Crippen MR) is 121 cm³/mol. The summed E-state index contributed by atoms with van der Waals surface area (Å²) in [6.45, 7) is 3.11. The third-order valence-corrected chi connectivity index (χ3v) is 5.84. The molecule has 4 aromatic rings. The highest BCUT2D eigenvalue weighted by atomic mass is 19.1. The van der Waals surface area contributed by atoms with Crippen molar-refractivity contribution in [3.8, 4) is 17.0 Å². The average molecular weight is 427 g/mol. The molecular weight excluding hydrogens is 409 g/mol. The molecule has 5 heterocycles. The zero-order chi connectivity index (χ0) is 21.8. The van der Waals surface area contributed by atoms with E-state index in [1.165, 1.54) is 6.07 Å². The highest BCUT2D eigenvalue weighted by Crippen LogP contribution is 2.41. The van der Waals surface area contributed by atoms with Gasteiger partial charge in [0.2, 0.25) is 5.88 Å². The van der Waals surface area contributed by atoms with Crippen LogP contribution < -0.4 is 15.4 Å². The van der Waals surface area contributed by atoms with Crippen molar-refractivity contribution in [3.05, 3.63) is 65.4 Å². The van der Waals surface area contributed by atoms with Crippen LogP contribution in [0.2, 0.25) is 0 Å². The van der Waals surface area contributed by atoms with E-state index in [2.05, 4.69) is 25.6 Å². The van der Waals surface area contributed by atoms with Gasteiger partial charge in [-0.05, 0) is 48.9 Å². The lowest BCUT2D eigenvalue weighted by atomic mass is 9.96. The summed E-state index contributed by atoms with van der Waals surface area (Å²) >= 11 is 0. The molecular formula is C24H18FN5O2. The number of benzene rings is 1. The first-order valence-corrected chi connectivity index (χ1v) is 10.3. The Hall–Kier alpha value is -4.20. The molecule has 2 aliphatic rings. The van der Waals surface area contributed by atoms with Gasteiger partial charge in [-0.3, -0.25) is 9.78 Å². The third kappa shape index (κ3) is 2.84. The molecule has 0 aliphatic carbocycles. The number of aromatic nitrogens is 3. The van der Waals surface area contributed by atoms with Gasteiger partial charge < -0.3 is 20.4 Å². The summed E-state index contributed by atoms with van der Waals surface area (Å²) in [6.07, 6.45) is 5.09. The number of anilines is 2. The number of amides is 1.